The lowest BCUT2D eigenvalue weighted by atomic mass is 10.00. The van der Waals surface area contributed by atoms with E-state index in [1.807, 2.05) is 0 Å². The van der Waals surface area contributed by atoms with E-state index in [0.29, 0.717) is 6.54 Å². The van der Waals surface area contributed by atoms with E-state index in [2.05, 4.69) is 63.3 Å². The molecule has 0 saturated heterocycles. The van der Waals surface area contributed by atoms with Crippen LogP contribution in [0.3, 0.4) is 0 Å². The van der Waals surface area contributed by atoms with Crippen LogP contribution in [0.2, 0.25) is 0 Å². The number of benzene rings is 2. The highest BCUT2D eigenvalue weighted by molar-refractivity contribution is 9.10. The van der Waals surface area contributed by atoms with Gasteiger partial charge in [-0.05, 0) is 42.2 Å². The number of anilines is 2. The summed E-state index contributed by atoms with van der Waals surface area (Å²) in [4.78, 5) is 2.39. The number of nitrogens with two attached hydrogens (primary N) is 1. The number of nitrogens with zero attached hydrogens (tertiary/aromatic N) is 1. The number of rotatable bonds is 2. The van der Waals surface area contributed by atoms with Crippen LogP contribution in [0.4, 0.5) is 11.4 Å². The van der Waals surface area contributed by atoms with Crippen LogP contribution in [-0.2, 0) is 13.0 Å². The molecule has 0 unspecified atom stereocenters. The highest BCUT2D eigenvalue weighted by Crippen LogP contribution is 2.36. The van der Waals surface area contributed by atoms with Crippen molar-refractivity contribution >= 4 is 27.3 Å². The lowest BCUT2D eigenvalue weighted by molar-refractivity contribution is 0.763. The maximum Gasteiger partial charge on any atom is 0.0467 e. The first-order chi connectivity index (χ1) is 9.29. The third-order valence-electron chi connectivity index (χ3n) is 3.67. The largest absolute Gasteiger partial charge is 0.341 e. The zero-order valence-corrected chi connectivity index (χ0v) is 12.4. The van der Waals surface area contributed by atoms with Gasteiger partial charge in [0.05, 0.1) is 0 Å². The summed E-state index contributed by atoms with van der Waals surface area (Å²) in [7, 11) is 0. The van der Waals surface area contributed by atoms with Crippen LogP contribution in [0.25, 0.3) is 0 Å². The number of hydrogen-bond acceptors (Lipinski definition) is 2. The molecule has 1 aliphatic heterocycles. The van der Waals surface area contributed by atoms with Crippen molar-refractivity contribution in [3.63, 3.8) is 0 Å². The minimum absolute atomic E-state index is 0.571. The molecule has 2 aromatic carbocycles. The third-order valence-corrected chi connectivity index (χ3v) is 4.16. The van der Waals surface area contributed by atoms with Gasteiger partial charge >= 0.3 is 0 Å². The monoisotopic (exact) mass is 316 g/mol. The summed E-state index contributed by atoms with van der Waals surface area (Å²) < 4.78 is 1.10. The van der Waals surface area contributed by atoms with E-state index >= 15 is 0 Å². The number of hydrogen-bond donors (Lipinski definition) is 1. The zero-order chi connectivity index (χ0) is 13.2. The fraction of sp³-hybridized carbons (Fsp3) is 0.250. The van der Waals surface area contributed by atoms with Gasteiger partial charge in [-0.15, -0.1) is 0 Å². The summed E-state index contributed by atoms with van der Waals surface area (Å²) in [5.74, 6) is 0. The molecular weight excluding hydrogens is 300 g/mol. The quantitative estimate of drug-likeness (QED) is 0.907. The Balaban J connectivity index is 2.11. The number of aryl methyl sites for hydroxylation is 1. The first-order valence-electron chi connectivity index (χ1n) is 6.63. The Morgan fingerprint density at radius 2 is 1.95 bits per heavy atom. The lowest BCUT2D eigenvalue weighted by Gasteiger charge is -2.32. The Morgan fingerprint density at radius 1 is 1.11 bits per heavy atom. The Labute approximate surface area is 122 Å². The number of fused-ring (bicyclic) bond motifs is 1. The van der Waals surface area contributed by atoms with Crippen LogP contribution < -0.4 is 10.6 Å². The molecule has 0 amide bonds. The maximum absolute atomic E-state index is 5.89. The van der Waals surface area contributed by atoms with E-state index in [4.69, 9.17) is 5.73 Å². The second-order valence-corrected chi connectivity index (χ2v) is 5.78. The summed E-state index contributed by atoms with van der Waals surface area (Å²) in [5, 5.41) is 0. The van der Waals surface area contributed by atoms with Crippen molar-refractivity contribution in [3.8, 4) is 0 Å². The van der Waals surface area contributed by atoms with Gasteiger partial charge in [0.2, 0.25) is 0 Å². The van der Waals surface area contributed by atoms with Crippen LogP contribution in [0.1, 0.15) is 17.5 Å². The predicted molar refractivity (Wildman–Crippen MR) is 83.8 cm³/mol. The first-order valence-corrected chi connectivity index (χ1v) is 7.43. The van der Waals surface area contributed by atoms with Crippen molar-refractivity contribution in [2.45, 2.75) is 19.4 Å². The van der Waals surface area contributed by atoms with Crippen molar-refractivity contribution in [2.75, 3.05) is 11.4 Å². The Bertz CT molecular complexity index is 595. The minimum Gasteiger partial charge on any atom is -0.341 e. The highest BCUT2D eigenvalue weighted by Gasteiger charge is 2.19. The summed E-state index contributed by atoms with van der Waals surface area (Å²) in [5.41, 5.74) is 11.1. The molecule has 98 valence electrons. The number of para-hydroxylation sites is 1. The molecule has 3 heteroatoms. The van der Waals surface area contributed by atoms with Gasteiger partial charge in [0, 0.05) is 28.9 Å². The number of halogens is 1. The van der Waals surface area contributed by atoms with Gasteiger partial charge in [-0.25, -0.2) is 0 Å². The van der Waals surface area contributed by atoms with Crippen LogP contribution in [-0.4, -0.2) is 6.54 Å². The van der Waals surface area contributed by atoms with E-state index in [1.165, 1.54) is 35.3 Å². The van der Waals surface area contributed by atoms with Gasteiger partial charge in [-0.1, -0.05) is 40.2 Å². The second-order valence-electron chi connectivity index (χ2n) is 4.86. The molecule has 2 aromatic rings. The van der Waals surface area contributed by atoms with Crippen LogP contribution in [0, 0.1) is 0 Å². The van der Waals surface area contributed by atoms with E-state index < -0.39 is 0 Å². The van der Waals surface area contributed by atoms with Gasteiger partial charge in [-0.2, -0.15) is 0 Å². The Morgan fingerprint density at radius 3 is 2.79 bits per heavy atom. The normalized spacial score (nSPS) is 14.3. The van der Waals surface area contributed by atoms with Crippen molar-refractivity contribution in [1.82, 2.24) is 0 Å². The molecule has 0 fully saturated rings. The highest BCUT2D eigenvalue weighted by atomic mass is 79.9. The van der Waals surface area contributed by atoms with Crippen LogP contribution in [0.15, 0.2) is 46.9 Å². The van der Waals surface area contributed by atoms with Crippen molar-refractivity contribution in [3.05, 3.63) is 58.1 Å². The summed E-state index contributed by atoms with van der Waals surface area (Å²) in [6.07, 6.45) is 2.35. The van der Waals surface area contributed by atoms with Crippen molar-refractivity contribution in [1.29, 1.82) is 0 Å². The molecule has 1 heterocycles. The molecule has 2 N–H and O–H groups in total. The lowest BCUT2D eigenvalue weighted by Crippen LogP contribution is -2.25. The fourth-order valence-electron chi connectivity index (χ4n) is 2.74. The minimum atomic E-state index is 0.571. The summed E-state index contributed by atoms with van der Waals surface area (Å²) in [6.45, 7) is 1.63. The average Bonchev–Trinajstić information content (AvgIpc) is 2.46. The molecule has 3 rings (SSSR count). The molecule has 0 aromatic heterocycles. The fourth-order valence-corrected chi connectivity index (χ4v) is 3.09. The van der Waals surface area contributed by atoms with Gasteiger partial charge in [-0.3, -0.25) is 0 Å². The summed E-state index contributed by atoms with van der Waals surface area (Å²) in [6, 6.07) is 15.0. The molecule has 0 atom stereocenters. The van der Waals surface area contributed by atoms with Gasteiger partial charge in [0.1, 0.15) is 0 Å². The van der Waals surface area contributed by atoms with Crippen molar-refractivity contribution in [2.24, 2.45) is 5.73 Å². The molecule has 19 heavy (non-hydrogen) atoms. The smallest absolute Gasteiger partial charge is 0.0467 e. The predicted octanol–water partition coefficient (Wildman–Crippen LogP) is 3.99. The topological polar surface area (TPSA) is 29.3 Å². The molecule has 2 nitrogen and oxygen atoms in total. The van der Waals surface area contributed by atoms with Gasteiger partial charge in [0.15, 0.2) is 0 Å². The van der Waals surface area contributed by atoms with Crippen LogP contribution >= 0.6 is 15.9 Å². The van der Waals surface area contributed by atoms with Crippen molar-refractivity contribution < 1.29 is 0 Å². The standard InChI is InChI=1S/C16H17BrN2/c17-14-8-7-13(11-18)16(10-14)19-9-3-5-12-4-1-2-6-15(12)19/h1-2,4,6-8,10H,3,5,9,11,18H2. The van der Waals surface area contributed by atoms with Gasteiger partial charge < -0.3 is 10.6 Å². The Kier molecular flexibility index (Phi) is 3.58. The maximum atomic E-state index is 5.89. The third kappa shape index (κ3) is 2.40. The zero-order valence-electron chi connectivity index (χ0n) is 10.8. The van der Waals surface area contributed by atoms with E-state index in [9.17, 15) is 0 Å². The molecular formula is C16H17BrN2. The molecule has 0 spiro atoms. The first kappa shape index (κ1) is 12.7. The average molecular weight is 317 g/mol. The van der Waals surface area contributed by atoms with E-state index in [0.717, 1.165) is 11.0 Å². The molecule has 0 radical (unpaired) electrons. The SMILES string of the molecule is NCc1ccc(Br)cc1N1CCCc2ccccc21. The molecule has 0 aliphatic carbocycles. The Hall–Kier alpha value is -1.32. The summed E-state index contributed by atoms with van der Waals surface area (Å²) >= 11 is 3.56. The molecule has 1 aliphatic rings. The van der Waals surface area contributed by atoms with E-state index in [-0.39, 0.29) is 0 Å². The molecule has 0 bridgehead atoms. The van der Waals surface area contributed by atoms with Gasteiger partial charge in [0.25, 0.3) is 0 Å². The van der Waals surface area contributed by atoms with Crippen LogP contribution in [0.5, 0.6) is 0 Å². The van der Waals surface area contributed by atoms with E-state index in [1.54, 1.807) is 0 Å². The molecule has 0 saturated carbocycles. The second kappa shape index (κ2) is 5.35.